The monoisotopic (exact) mass is 476 g/mol. The maximum absolute atomic E-state index is 13.7. The van der Waals surface area contributed by atoms with E-state index >= 15 is 0 Å². The van der Waals surface area contributed by atoms with E-state index in [1.165, 1.54) is 12.1 Å². The zero-order chi connectivity index (χ0) is 17.6. The minimum Gasteiger partial charge on any atom is -0.357 e. The van der Waals surface area contributed by atoms with E-state index in [0.717, 1.165) is 51.2 Å². The molecule has 1 saturated heterocycles. The lowest BCUT2D eigenvalue weighted by Crippen LogP contribution is -2.43. The summed E-state index contributed by atoms with van der Waals surface area (Å²) in [5.74, 6) is -0.153. The Bertz CT molecular complexity index is 642. The second-order valence-corrected chi connectivity index (χ2v) is 6.54. The number of aliphatic imine (C=N–C) groups is 1. The van der Waals surface area contributed by atoms with E-state index in [1.807, 2.05) is 6.92 Å². The zero-order valence-electron chi connectivity index (χ0n) is 15.1. The first-order chi connectivity index (χ1) is 12.2. The molecule has 0 saturated carbocycles. The molecule has 1 aromatic carbocycles. The van der Waals surface area contributed by atoms with Gasteiger partial charge >= 0.3 is 0 Å². The van der Waals surface area contributed by atoms with Gasteiger partial charge in [0.25, 0.3) is 0 Å². The third-order valence-electron chi connectivity index (χ3n) is 4.82. The highest BCUT2D eigenvalue weighted by molar-refractivity contribution is 14.0. The topological polar surface area (TPSA) is 30.9 Å². The fourth-order valence-corrected chi connectivity index (χ4v) is 3.46. The quantitative estimate of drug-likeness (QED) is 0.307. The molecular formula is C19H27F2IN4. The lowest BCUT2D eigenvalue weighted by Gasteiger charge is -2.25. The summed E-state index contributed by atoms with van der Waals surface area (Å²) < 4.78 is 26.7. The van der Waals surface area contributed by atoms with Gasteiger partial charge in [0.1, 0.15) is 11.6 Å². The fraction of sp³-hybridized carbons (Fsp3) is 0.526. The molecule has 4 nitrogen and oxygen atoms in total. The predicted octanol–water partition coefficient (Wildman–Crippen LogP) is 3.04. The SMILES string of the molecule is CCNC(=NCCc1ccc(F)cc1F)N1CCC(N2CC=CC2)C1.I. The van der Waals surface area contributed by atoms with E-state index in [1.54, 1.807) is 0 Å². The van der Waals surface area contributed by atoms with Crippen LogP contribution in [0, 0.1) is 11.6 Å². The molecule has 1 N–H and O–H groups in total. The summed E-state index contributed by atoms with van der Waals surface area (Å²) in [6.45, 7) is 7.36. The van der Waals surface area contributed by atoms with Crippen LogP contribution in [0.1, 0.15) is 18.9 Å². The largest absolute Gasteiger partial charge is 0.357 e. The molecule has 1 atom stereocenters. The van der Waals surface area contributed by atoms with Crippen molar-refractivity contribution in [3.05, 3.63) is 47.5 Å². The van der Waals surface area contributed by atoms with Crippen molar-refractivity contribution in [3.8, 4) is 0 Å². The molecule has 0 aromatic heterocycles. The maximum Gasteiger partial charge on any atom is 0.193 e. The molecule has 0 spiro atoms. The van der Waals surface area contributed by atoms with Gasteiger partial charge in [0.2, 0.25) is 0 Å². The van der Waals surface area contributed by atoms with Crippen LogP contribution in [0.5, 0.6) is 0 Å². The van der Waals surface area contributed by atoms with Crippen LogP contribution in [-0.4, -0.2) is 61.1 Å². The van der Waals surface area contributed by atoms with Crippen molar-refractivity contribution in [2.24, 2.45) is 4.99 Å². The Labute approximate surface area is 171 Å². The van der Waals surface area contributed by atoms with Crippen molar-refractivity contribution < 1.29 is 8.78 Å². The lowest BCUT2D eigenvalue weighted by molar-refractivity contribution is 0.259. The minimum absolute atomic E-state index is 0. The van der Waals surface area contributed by atoms with Gasteiger partial charge in [-0.2, -0.15) is 0 Å². The Hall–Kier alpha value is -1.22. The van der Waals surface area contributed by atoms with Gasteiger partial charge in [-0.25, -0.2) is 8.78 Å². The number of hydrogen-bond donors (Lipinski definition) is 1. The first-order valence-electron chi connectivity index (χ1n) is 9.03. The Morgan fingerprint density at radius 2 is 2.04 bits per heavy atom. The van der Waals surface area contributed by atoms with Gasteiger partial charge in [0.15, 0.2) is 5.96 Å². The Balaban J connectivity index is 0.00000243. The number of likely N-dealkylation sites (tertiary alicyclic amines) is 1. The molecule has 0 amide bonds. The first kappa shape index (κ1) is 21.1. The van der Waals surface area contributed by atoms with Crippen molar-refractivity contribution in [1.82, 2.24) is 15.1 Å². The molecule has 26 heavy (non-hydrogen) atoms. The normalized spacial score (nSPS) is 20.5. The minimum atomic E-state index is -0.544. The van der Waals surface area contributed by atoms with Gasteiger partial charge < -0.3 is 10.2 Å². The average molecular weight is 476 g/mol. The van der Waals surface area contributed by atoms with Gasteiger partial charge in [-0.1, -0.05) is 18.2 Å². The fourth-order valence-electron chi connectivity index (χ4n) is 3.46. The Morgan fingerprint density at radius 3 is 2.73 bits per heavy atom. The second-order valence-electron chi connectivity index (χ2n) is 6.54. The highest BCUT2D eigenvalue weighted by Crippen LogP contribution is 2.18. The van der Waals surface area contributed by atoms with Crippen LogP contribution < -0.4 is 5.32 Å². The average Bonchev–Trinajstić information content (AvgIpc) is 3.27. The summed E-state index contributed by atoms with van der Waals surface area (Å²) in [4.78, 5) is 9.42. The van der Waals surface area contributed by atoms with Crippen LogP contribution >= 0.6 is 24.0 Å². The van der Waals surface area contributed by atoms with E-state index in [0.29, 0.717) is 24.6 Å². The van der Waals surface area contributed by atoms with Crippen LogP contribution in [0.2, 0.25) is 0 Å². The standard InChI is InChI=1S/C19H26F2N4.HI/c1-2-22-19(23-9-7-15-5-6-16(20)13-18(15)21)25-12-8-17(14-25)24-10-3-4-11-24;/h3-6,13,17H,2,7-12,14H2,1H3,(H,22,23);1H. The molecule has 2 aliphatic rings. The molecule has 0 aliphatic carbocycles. The molecule has 1 unspecified atom stereocenters. The van der Waals surface area contributed by atoms with E-state index < -0.39 is 11.6 Å². The van der Waals surface area contributed by atoms with Crippen molar-refractivity contribution in [2.75, 3.05) is 39.3 Å². The number of rotatable bonds is 5. The molecule has 3 rings (SSSR count). The molecule has 1 aromatic rings. The van der Waals surface area contributed by atoms with Crippen LogP contribution in [-0.2, 0) is 6.42 Å². The number of guanidine groups is 1. The summed E-state index contributed by atoms with van der Waals surface area (Å²) >= 11 is 0. The third kappa shape index (κ3) is 5.39. The first-order valence-corrected chi connectivity index (χ1v) is 9.03. The number of hydrogen-bond acceptors (Lipinski definition) is 2. The van der Waals surface area contributed by atoms with Crippen LogP contribution in [0.25, 0.3) is 0 Å². The number of nitrogens with one attached hydrogen (secondary N) is 1. The lowest BCUT2D eigenvalue weighted by atomic mass is 10.1. The molecule has 1 fully saturated rings. The third-order valence-corrected chi connectivity index (χ3v) is 4.82. The molecule has 144 valence electrons. The zero-order valence-corrected chi connectivity index (χ0v) is 17.5. The molecule has 2 heterocycles. The van der Waals surface area contributed by atoms with E-state index in [9.17, 15) is 8.78 Å². The van der Waals surface area contributed by atoms with E-state index in [2.05, 4.69) is 32.3 Å². The number of halogens is 3. The predicted molar refractivity (Wildman–Crippen MR) is 112 cm³/mol. The van der Waals surface area contributed by atoms with Gasteiger partial charge in [-0.3, -0.25) is 9.89 Å². The van der Waals surface area contributed by atoms with Crippen molar-refractivity contribution in [3.63, 3.8) is 0 Å². The summed E-state index contributed by atoms with van der Waals surface area (Å²) in [7, 11) is 0. The summed E-state index contributed by atoms with van der Waals surface area (Å²) in [6.07, 6.45) is 6.05. The Kier molecular flexibility index (Phi) is 8.27. The molecule has 7 heteroatoms. The maximum atomic E-state index is 13.7. The van der Waals surface area contributed by atoms with Gasteiger partial charge in [0, 0.05) is 51.4 Å². The summed E-state index contributed by atoms with van der Waals surface area (Å²) in [5, 5.41) is 3.33. The smallest absolute Gasteiger partial charge is 0.193 e. The molecule has 0 bridgehead atoms. The molecule has 0 radical (unpaired) electrons. The number of benzene rings is 1. The van der Waals surface area contributed by atoms with Gasteiger partial charge in [0.05, 0.1) is 0 Å². The van der Waals surface area contributed by atoms with Crippen molar-refractivity contribution >= 4 is 29.9 Å². The summed E-state index contributed by atoms with van der Waals surface area (Å²) in [5.41, 5.74) is 0.503. The van der Waals surface area contributed by atoms with Crippen molar-refractivity contribution in [1.29, 1.82) is 0 Å². The van der Waals surface area contributed by atoms with E-state index in [-0.39, 0.29) is 24.0 Å². The highest BCUT2D eigenvalue weighted by Gasteiger charge is 2.29. The van der Waals surface area contributed by atoms with Crippen LogP contribution in [0.15, 0.2) is 35.3 Å². The van der Waals surface area contributed by atoms with Gasteiger partial charge in [-0.05, 0) is 31.4 Å². The van der Waals surface area contributed by atoms with Crippen LogP contribution in [0.4, 0.5) is 8.78 Å². The van der Waals surface area contributed by atoms with Crippen molar-refractivity contribution in [2.45, 2.75) is 25.8 Å². The highest BCUT2D eigenvalue weighted by atomic mass is 127. The van der Waals surface area contributed by atoms with Gasteiger partial charge in [-0.15, -0.1) is 24.0 Å². The summed E-state index contributed by atoms with van der Waals surface area (Å²) in [6, 6.07) is 4.29. The second kappa shape index (κ2) is 10.2. The molecular weight excluding hydrogens is 449 g/mol. The molecule has 2 aliphatic heterocycles. The van der Waals surface area contributed by atoms with Crippen LogP contribution in [0.3, 0.4) is 0 Å². The number of nitrogens with zero attached hydrogens (tertiary/aromatic N) is 3. The Morgan fingerprint density at radius 1 is 1.27 bits per heavy atom. The van der Waals surface area contributed by atoms with E-state index in [4.69, 9.17) is 0 Å².